The zero-order chi connectivity index (χ0) is 78.6. The van der Waals surface area contributed by atoms with E-state index in [1.54, 1.807) is 148 Å². The second-order valence-electron chi connectivity index (χ2n) is 16.1. The van der Waals surface area contributed by atoms with Crippen molar-refractivity contribution in [2.24, 2.45) is 0 Å². The lowest BCUT2D eigenvalue weighted by atomic mass is 10.0. The molecule has 0 aliphatic rings. The minimum absolute atomic E-state index is 0.353. The molecule has 2 aromatic rings. The van der Waals surface area contributed by atoms with Gasteiger partial charge in [0.25, 0.3) is 0 Å². The van der Waals surface area contributed by atoms with Gasteiger partial charge in [-0.2, -0.15) is 0 Å². The Hall–Kier alpha value is 10.2. The van der Waals surface area contributed by atoms with Crippen molar-refractivity contribution in [3.05, 3.63) is 70.8 Å². The maximum absolute atomic E-state index is 11.8. The lowest BCUT2D eigenvalue weighted by molar-refractivity contribution is -0.143. The van der Waals surface area contributed by atoms with Gasteiger partial charge >= 0.3 is 24.1 Å². The first kappa shape index (κ1) is 117. The van der Waals surface area contributed by atoms with Gasteiger partial charge in [-0.1, -0.05) is 59.7 Å². The van der Waals surface area contributed by atoms with Crippen LogP contribution in [0.3, 0.4) is 0 Å². The number of methoxy groups -OCH3 is 2. The van der Waals surface area contributed by atoms with Gasteiger partial charge in [0.15, 0.2) is 0 Å². The normalized spacial score (nSPS) is 9.63. The topological polar surface area (TPSA) is 129 Å². The van der Waals surface area contributed by atoms with Crippen LogP contribution in [0, 0.1) is 13.8 Å². The van der Waals surface area contributed by atoms with Crippen LogP contribution in [0.2, 0.25) is 0 Å². The van der Waals surface area contributed by atoms with Crippen molar-refractivity contribution in [2.45, 2.75) is 91.5 Å². The van der Waals surface area contributed by atoms with E-state index in [-0.39, 0.29) is 0 Å². The zero-order valence-electron chi connectivity index (χ0n) is 53.0. The maximum atomic E-state index is 11.8. The third kappa shape index (κ3) is 89.4. The zero-order valence-corrected chi connectivity index (χ0v) is 106. The molecule has 0 aromatic heterocycles. The summed E-state index contributed by atoms with van der Waals surface area (Å²) in [6.45, 7) is 14.6. The smallest absolute Gasteiger partial charge is 0.408 e. The molecule has 2 aromatic carbocycles. The SMILES string of the molecule is COC(=O)[C@H](Cc1ccc(C)cc1)NC(=O)OC(C)(C)C.COC(=O)[C@H](Cc1ccc(C)cc1)NC(=O)OC(C)(C)C.S=S=S=S=S=S=S=S=S=S=S=S=S=S=S=S=S=S=S=S=S=S=S=S=S=S=S=S=S=S=S=S=S=S=S=S=S=S=S=S=S=S=S=S=S=S=S=S=S=S=S=S=S=S=S=S=S=S=S=S=S=S=S=S=S. The molecule has 107 heavy (non-hydrogen) atoms. The molecule has 0 spiro atoms. The van der Waals surface area contributed by atoms with Gasteiger partial charge in [0.05, 0.1) is 14.2 Å². The van der Waals surface area contributed by atoms with Gasteiger partial charge < -0.3 is 29.6 Å². The Morgan fingerprint density at radius 3 is 0.542 bits per heavy atom. The summed E-state index contributed by atoms with van der Waals surface area (Å²) in [6.07, 6.45) is -0.562. The van der Waals surface area contributed by atoms with Crippen LogP contribution in [0.5, 0.6) is 0 Å². The van der Waals surface area contributed by atoms with Gasteiger partial charge in [0.2, 0.25) is 0 Å². The number of hydrogen-bond acceptors (Lipinski definition) is 10. The number of rotatable bonds is 8. The number of ether oxygens (including phenoxy) is 4. The second kappa shape index (κ2) is 89.6. The van der Waals surface area contributed by atoms with Crippen molar-refractivity contribution in [1.29, 1.82) is 0 Å². The van der Waals surface area contributed by atoms with Crippen LogP contribution >= 0.6 is 0 Å². The summed E-state index contributed by atoms with van der Waals surface area (Å²) >= 11 is 9.64. The molecule has 622 valence electrons. The third-order valence-electron chi connectivity index (χ3n) is 7.20. The highest BCUT2D eigenvalue weighted by Gasteiger charge is 2.26. The summed E-state index contributed by atoms with van der Waals surface area (Å²) in [5.74, 6) is -0.997. The molecule has 0 aliphatic carbocycles. The van der Waals surface area contributed by atoms with E-state index in [2.05, 4.69) is 10.6 Å². The van der Waals surface area contributed by atoms with Crippen LogP contribution in [-0.2, 0) is 623 Å². The summed E-state index contributed by atoms with van der Waals surface area (Å²) in [5.41, 5.74) is 2.91. The molecule has 2 amide bonds. The van der Waals surface area contributed by atoms with Gasteiger partial charge in [-0.05, 0) is 66.5 Å². The van der Waals surface area contributed by atoms with Gasteiger partial charge in [-0.3, -0.25) is 0 Å². The minimum atomic E-state index is -0.771. The molecule has 0 radical (unpaired) electrons. The van der Waals surface area contributed by atoms with E-state index in [0.29, 0.717) is 12.8 Å². The molecule has 2 atom stereocenters. The van der Waals surface area contributed by atoms with Gasteiger partial charge in [0.1, 0.15) is 23.3 Å². The highest BCUT2D eigenvalue weighted by molar-refractivity contribution is 8.84. The van der Waals surface area contributed by atoms with Crippen LogP contribution in [-0.4, -0.2) is 61.6 Å². The number of hydrogen-bond donors (Lipinski definition) is 2. The number of carbonyl (C=O) groups is 4. The summed E-state index contributed by atoms with van der Waals surface area (Å²) in [4.78, 5) is 47.2. The lowest BCUT2D eigenvalue weighted by Gasteiger charge is -2.22. The summed E-state index contributed by atoms with van der Waals surface area (Å²) < 4.78 is 19.8. The van der Waals surface area contributed by atoms with E-state index in [9.17, 15) is 19.2 Å². The van der Waals surface area contributed by atoms with Crippen LogP contribution in [0.25, 0.3) is 0 Å². The van der Waals surface area contributed by atoms with Gasteiger partial charge in [-0.25, -0.2) is 19.2 Å². The van der Waals surface area contributed by atoms with Crippen LogP contribution in [0.1, 0.15) is 63.8 Å². The first-order valence-corrected chi connectivity index (χ1v) is 110. The fourth-order valence-electron chi connectivity index (χ4n) is 4.18. The van der Waals surface area contributed by atoms with Crippen molar-refractivity contribution < 1.29 is 38.1 Å². The maximum Gasteiger partial charge on any atom is 0.408 e. The van der Waals surface area contributed by atoms with Crippen molar-refractivity contribution in [1.82, 2.24) is 10.6 Å². The molecule has 10 nitrogen and oxygen atoms in total. The van der Waals surface area contributed by atoms with Crippen LogP contribution in [0.4, 0.5) is 9.59 Å². The van der Waals surface area contributed by atoms with E-state index in [1.165, 1.54) is 32.0 Å². The van der Waals surface area contributed by atoms with E-state index in [4.69, 9.17) is 41.3 Å². The summed E-state index contributed by atoms with van der Waals surface area (Å²) in [5, 5.41) is 5.10. The average Bonchev–Trinajstić information content (AvgIpc) is 0.884. The van der Waals surface area contributed by atoms with Crippen molar-refractivity contribution >= 4 is 606 Å². The fourth-order valence-corrected chi connectivity index (χ4v) is 172. The third-order valence-corrected chi connectivity index (χ3v) is 145. The largest absolute Gasteiger partial charge is 0.467 e. The molecule has 0 saturated carbocycles. The molecule has 0 fully saturated rings. The molecule has 0 heterocycles. The molecular weight excluding hydrogens is 2620 g/mol. The van der Waals surface area contributed by atoms with E-state index < -0.39 is 47.4 Å². The fraction of sp³-hybridized carbons (Fsp3) is 0.500. The number of aryl methyl sites for hydroxylation is 2. The van der Waals surface area contributed by atoms with Crippen LogP contribution in [0.15, 0.2) is 48.5 Å². The second-order valence-corrected chi connectivity index (χ2v) is 128. The number of amides is 2. The van der Waals surface area contributed by atoms with Gasteiger partial charge in [-0.15, -0.1) is 0 Å². The molecule has 2 N–H and O–H groups in total. The standard InChI is InChI=1S/2C16H23NO4.S65/c2*1-11-6-8-12(9-7-11)10-13(14(18)20-5)17-15(19)21-16(2,3)4;1-3-5-7-9-11-13-15-17-19-21-23-25-27-29-31-33-35-37-39-41-43-45-47-49-51-53-55-57-59-61-63-65-64-62-60-58-56-54-52-50-48-46-44-42-40-38-36-34-32-30-28-26-24-22-20-18-16-14-12-10-8-6-4-2/h2*6-9,13H,10H2,1-5H3,(H,17,19);/t2*13-;/m00./s1. The first-order valence-electron chi connectivity index (χ1n) is 24.3. The Labute approximate surface area is 811 Å². The highest BCUT2D eigenvalue weighted by atomic mass is 33.5. The van der Waals surface area contributed by atoms with Crippen molar-refractivity contribution in [3.8, 4) is 0 Å². The Balaban J connectivity index is 0.00000213. The predicted molar refractivity (Wildman–Crippen MR) is 639 cm³/mol. The Bertz CT molecular complexity index is 6240. The summed E-state index contributed by atoms with van der Waals surface area (Å²) in [7, 11) is 116. The Morgan fingerprint density at radius 2 is 0.421 bits per heavy atom. The molecule has 0 saturated heterocycles. The number of benzene rings is 2. The Kier molecular flexibility index (Phi) is 98.2. The molecular formula is C32H46N2O8S65. The van der Waals surface area contributed by atoms with E-state index in [1.807, 2.05) is 498 Å². The molecule has 75 heteroatoms. The number of carbonyl (C=O) groups excluding carboxylic acids is 4. The summed E-state index contributed by atoms with van der Waals surface area (Å²) in [6, 6.07) is 14.0. The van der Waals surface area contributed by atoms with E-state index in [0.717, 1.165) is 22.3 Å². The number of nitrogens with one attached hydrogen (secondary N) is 2. The molecule has 0 unspecified atom stereocenters. The highest BCUT2D eigenvalue weighted by Crippen LogP contribution is 2.12. The molecule has 2 rings (SSSR count). The Morgan fingerprint density at radius 1 is 0.280 bits per heavy atom. The predicted octanol–water partition coefficient (Wildman–Crippen LogP) is 5.05. The quantitative estimate of drug-likeness (QED) is 0.274. The monoisotopic (exact) mass is 2660 g/mol. The molecule has 0 bridgehead atoms. The molecule has 0 aliphatic heterocycles. The first-order chi connectivity index (χ1) is 51.8. The minimum Gasteiger partial charge on any atom is -0.467 e. The van der Waals surface area contributed by atoms with Crippen LogP contribution < -0.4 is 10.6 Å². The lowest BCUT2D eigenvalue weighted by Crippen LogP contribution is -2.45. The van der Waals surface area contributed by atoms with Crippen molar-refractivity contribution in [3.63, 3.8) is 0 Å². The van der Waals surface area contributed by atoms with E-state index >= 15 is 0 Å². The van der Waals surface area contributed by atoms with Crippen molar-refractivity contribution in [2.75, 3.05) is 14.2 Å². The number of esters is 2. The van der Waals surface area contributed by atoms with Gasteiger partial charge in [0, 0.05) is 595 Å². The average molecular weight is 2670 g/mol. The number of alkyl carbamates (subject to hydrolysis) is 2.